The van der Waals surface area contributed by atoms with Crippen molar-refractivity contribution in [3.05, 3.63) is 23.3 Å². The van der Waals surface area contributed by atoms with Crippen LogP contribution in [0.3, 0.4) is 0 Å². The fraction of sp³-hybridized carbons (Fsp3) is 0.500. The van der Waals surface area contributed by atoms with Gasteiger partial charge in [-0.3, -0.25) is 9.79 Å². The Morgan fingerprint density at radius 1 is 1.48 bits per heavy atom. The van der Waals surface area contributed by atoms with Gasteiger partial charge in [0.05, 0.1) is 30.5 Å². The Bertz CT molecular complexity index is 583. The van der Waals surface area contributed by atoms with Crippen LogP contribution in [-0.2, 0) is 6.61 Å². The van der Waals surface area contributed by atoms with E-state index in [0.717, 1.165) is 25.8 Å². The van der Waals surface area contributed by atoms with E-state index in [2.05, 4.69) is 4.99 Å². The van der Waals surface area contributed by atoms with Gasteiger partial charge in [0, 0.05) is 24.4 Å². The van der Waals surface area contributed by atoms with E-state index in [1.165, 1.54) is 0 Å². The molecule has 1 atom stereocenters. The van der Waals surface area contributed by atoms with Crippen molar-refractivity contribution in [2.75, 3.05) is 13.2 Å². The number of aliphatic imine (C=N–C) groups is 1. The largest absolute Gasteiger partial charge is 0.493 e. The van der Waals surface area contributed by atoms with Gasteiger partial charge in [0.15, 0.2) is 0 Å². The number of carbonyl (C=O) groups is 1. The summed E-state index contributed by atoms with van der Waals surface area (Å²) in [6.45, 7) is 3.24. The molecule has 1 amide bonds. The highest BCUT2D eigenvalue weighted by molar-refractivity contribution is 6.03. The molecule has 0 aliphatic carbocycles. The summed E-state index contributed by atoms with van der Waals surface area (Å²) in [6, 6.07) is 3.59. The van der Waals surface area contributed by atoms with Crippen molar-refractivity contribution < 1.29 is 14.6 Å². The summed E-state index contributed by atoms with van der Waals surface area (Å²) in [5.41, 5.74) is 1.84. The summed E-state index contributed by atoms with van der Waals surface area (Å²) in [7, 11) is 0. The zero-order valence-corrected chi connectivity index (χ0v) is 12.2. The molecule has 2 heterocycles. The van der Waals surface area contributed by atoms with Gasteiger partial charge >= 0.3 is 0 Å². The fourth-order valence-electron chi connectivity index (χ4n) is 2.88. The minimum Gasteiger partial charge on any atom is -0.493 e. The van der Waals surface area contributed by atoms with Gasteiger partial charge in [-0.25, -0.2) is 0 Å². The fourth-order valence-corrected chi connectivity index (χ4v) is 2.88. The molecule has 21 heavy (non-hydrogen) atoms. The Morgan fingerprint density at radius 3 is 3.10 bits per heavy atom. The number of aliphatic hydroxyl groups is 1. The summed E-state index contributed by atoms with van der Waals surface area (Å²) in [6.07, 6.45) is 4.73. The Labute approximate surface area is 124 Å². The molecule has 0 radical (unpaired) electrons. The first kappa shape index (κ1) is 14.1. The van der Waals surface area contributed by atoms with E-state index in [-0.39, 0.29) is 18.6 Å². The third kappa shape index (κ3) is 2.53. The Kier molecular flexibility index (Phi) is 3.92. The van der Waals surface area contributed by atoms with E-state index in [1.807, 2.05) is 18.0 Å². The first-order valence-corrected chi connectivity index (χ1v) is 7.50. The molecule has 5 nitrogen and oxygen atoms in total. The monoisotopic (exact) mass is 288 g/mol. The number of nitrogens with zero attached hydrogens (tertiary/aromatic N) is 2. The van der Waals surface area contributed by atoms with Gasteiger partial charge in [0.1, 0.15) is 5.75 Å². The van der Waals surface area contributed by atoms with Crippen molar-refractivity contribution in [3.63, 3.8) is 0 Å². The zero-order chi connectivity index (χ0) is 14.8. The van der Waals surface area contributed by atoms with Gasteiger partial charge in [-0.05, 0) is 25.3 Å². The highest BCUT2D eigenvalue weighted by atomic mass is 16.5. The highest BCUT2D eigenvalue weighted by Crippen LogP contribution is 2.34. The molecule has 3 rings (SSSR count). The van der Waals surface area contributed by atoms with Crippen molar-refractivity contribution >= 4 is 17.8 Å². The molecule has 1 aromatic rings. The van der Waals surface area contributed by atoms with Crippen LogP contribution in [0.5, 0.6) is 5.75 Å². The predicted molar refractivity (Wildman–Crippen MR) is 80.4 cm³/mol. The van der Waals surface area contributed by atoms with Gasteiger partial charge < -0.3 is 14.7 Å². The number of ether oxygens (including phenoxy) is 1. The molecular formula is C16H20N2O3. The van der Waals surface area contributed by atoms with E-state index in [9.17, 15) is 9.90 Å². The summed E-state index contributed by atoms with van der Waals surface area (Å²) in [4.78, 5) is 19.0. The minimum atomic E-state index is -0.146. The van der Waals surface area contributed by atoms with Crippen molar-refractivity contribution in [2.45, 2.75) is 38.8 Å². The van der Waals surface area contributed by atoms with E-state index in [1.54, 1.807) is 12.1 Å². The number of hydrogen-bond acceptors (Lipinski definition) is 4. The summed E-state index contributed by atoms with van der Waals surface area (Å²) in [5, 5.41) is 9.52. The number of rotatable bonds is 4. The molecule has 0 bridgehead atoms. The Hall–Kier alpha value is -1.88. The van der Waals surface area contributed by atoms with Crippen LogP contribution in [0.15, 0.2) is 17.1 Å². The van der Waals surface area contributed by atoms with Gasteiger partial charge in [-0.1, -0.05) is 6.92 Å². The van der Waals surface area contributed by atoms with Gasteiger partial charge in [-0.2, -0.15) is 0 Å². The van der Waals surface area contributed by atoms with Gasteiger partial charge in [-0.15, -0.1) is 0 Å². The number of aliphatic hydroxyl groups excluding tert-OH is 1. The molecule has 1 saturated heterocycles. The summed E-state index contributed by atoms with van der Waals surface area (Å²) < 4.78 is 5.65. The summed E-state index contributed by atoms with van der Waals surface area (Å²) in [5.74, 6) is 0.617. The summed E-state index contributed by atoms with van der Waals surface area (Å²) >= 11 is 0. The molecule has 1 fully saturated rings. The molecule has 1 N–H and O–H groups in total. The van der Waals surface area contributed by atoms with E-state index in [4.69, 9.17) is 4.74 Å². The van der Waals surface area contributed by atoms with Crippen molar-refractivity contribution in [1.29, 1.82) is 0 Å². The van der Waals surface area contributed by atoms with Crippen LogP contribution in [-0.4, -0.2) is 41.3 Å². The lowest BCUT2D eigenvalue weighted by atomic mass is 10.1. The number of fused-ring (bicyclic) bond motifs is 2. The van der Waals surface area contributed by atoms with Crippen LogP contribution in [0.25, 0.3) is 0 Å². The number of benzene rings is 1. The number of carbonyl (C=O) groups excluding carboxylic acids is 1. The molecule has 0 aromatic heterocycles. The van der Waals surface area contributed by atoms with Crippen LogP contribution >= 0.6 is 0 Å². The molecular weight excluding hydrogens is 268 g/mol. The Balaban J connectivity index is 2.02. The first-order chi connectivity index (χ1) is 10.2. The molecule has 2 aliphatic rings. The average Bonchev–Trinajstić information content (AvgIpc) is 2.93. The first-order valence-electron chi connectivity index (χ1n) is 7.50. The second kappa shape index (κ2) is 5.85. The normalized spacial score (nSPS) is 20.2. The third-order valence-corrected chi connectivity index (χ3v) is 3.99. The SMILES string of the molecule is CCCOc1cc2c(cc1CO)C(=O)N1CCC[C@H]1C=N2. The van der Waals surface area contributed by atoms with Crippen LogP contribution in [0, 0.1) is 0 Å². The average molecular weight is 288 g/mol. The smallest absolute Gasteiger partial charge is 0.256 e. The quantitative estimate of drug-likeness (QED) is 0.924. The van der Waals surface area contributed by atoms with E-state index in [0.29, 0.717) is 29.2 Å². The molecule has 5 heteroatoms. The molecule has 112 valence electrons. The molecule has 0 spiro atoms. The second-order valence-corrected chi connectivity index (χ2v) is 5.47. The second-order valence-electron chi connectivity index (χ2n) is 5.47. The maximum atomic E-state index is 12.6. The van der Waals surface area contributed by atoms with Crippen molar-refractivity contribution in [1.82, 2.24) is 4.90 Å². The third-order valence-electron chi connectivity index (χ3n) is 3.99. The van der Waals surface area contributed by atoms with Gasteiger partial charge in [0.25, 0.3) is 5.91 Å². The molecule has 0 unspecified atom stereocenters. The topological polar surface area (TPSA) is 62.1 Å². The lowest BCUT2D eigenvalue weighted by molar-refractivity contribution is 0.0774. The van der Waals surface area contributed by atoms with Crippen molar-refractivity contribution in [3.8, 4) is 5.75 Å². The minimum absolute atomic E-state index is 0.00161. The van der Waals surface area contributed by atoms with Crippen molar-refractivity contribution in [2.24, 2.45) is 4.99 Å². The van der Waals surface area contributed by atoms with E-state index < -0.39 is 0 Å². The highest BCUT2D eigenvalue weighted by Gasteiger charge is 2.32. The van der Waals surface area contributed by atoms with Crippen LogP contribution in [0.2, 0.25) is 0 Å². The lowest BCUT2D eigenvalue weighted by Crippen LogP contribution is -2.35. The Morgan fingerprint density at radius 2 is 2.33 bits per heavy atom. The molecule has 2 aliphatic heterocycles. The van der Waals surface area contributed by atoms with Crippen LogP contribution in [0.4, 0.5) is 5.69 Å². The van der Waals surface area contributed by atoms with Gasteiger partial charge in [0.2, 0.25) is 0 Å². The number of hydrogen-bond donors (Lipinski definition) is 1. The molecule has 0 saturated carbocycles. The lowest BCUT2D eigenvalue weighted by Gasteiger charge is -2.20. The van der Waals surface area contributed by atoms with E-state index >= 15 is 0 Å². The molecule has 1 aromatic carbocycles. The van der Waals surface area contributed by atoms with Crippen LogP contribution < -0.4 is 4.74 Å². The maximum Gasteiger partial charge on any atom is 0.256 e. The zero-order valence-electron chi connectivity index (χ0n) is 12.2. The predicted octanol–water partition coefficient (Wildman–Crippen LogP) is 2.29. The van der Waals surface area contributed by atoms with Crippen LogP contribution in [0.1, 0.15) is 42.1 Å². The standard InChI is InChI=1S/C16H20N2O3/c1-2-6-21-15-8-14-13(7-11(15)10-19)16(20)18-5-3-4-12(18)9-17-14/h7-9,12,19H,2-6,10H2,1H3/t12-/m0/s1. The number of amides is 1. The maximum absolute atomic E-state index is 12.6.